The molecule has 0 unspecified atom stereocenters. The maximum atomic E-state index is 13.3. The van der Waals surface area contributed by atoms with Gasteiger partial charge >= 0.3 is 0 Å². The predicted octanol–water partition coefficient (Wildman–Crippen LogP) is 1.68. The van der Waals surface area contributed by atoms with Crippen LogP contribution in [0.1, 0.15) is 17.5 Å². The Morgan fingerprint density at radius 3 is 2.60 bits per heavy atom. The van der Waals surface area contributed by atoms with Crippen LogP contribution in [0.4, 0.5) is 4.39 Å². The molecule has 0 heterocycles. The summed E-state index contributed by atoms with van der Waals surface area (Å²) < 4.78 is 28.9. The summed E-state index contributed by atoms with van der Waals surface area (Å²) >= 11 is 0. The highest BCUT2D eigenvalue weighted by Crippen LogP contribution is 2.10. The van der Waals surface area contributed by atoms with Gasteiger partial charge in [-0.2, -0.15) is 0 Å². The molecule has 0 saturated heterocycles. The first-order valence-corrected chi connectivity index (χ1v) is 6.41. The van der Waals surface area contributed by atoms with Crippen molar-refractivity contribution in [2.75, 3.05) is 33.5 Å². The number of ether oxygens (including phenoxy) is 3. The summed E-state index contributed by atoms with van der Waals surface area (Å²) in [6.45, 7) is 2.49. The average molecular weight is 284 g/mol. The van der Waals surface area contributed by atoms with Crippen LogP contribution >= 0.6 is 0 Å². The van der Waals surface area contributed by atoms with Gasteiger partial charge in [0.05, 0.1) is 19.8 Å². The second-order valence-corrected chi connectivity index (χ2v) is 4.27. The van der Waals surface area contributed by atoms with Crippen molar-refractivity contribution in [1.82, 2.24) is 0 Å². The number of amidine groups is 1. The fraction of sp³-hybridized carbons (Fsp3) is 0.500. The maximum Gasteiger partial charge on any atom is 0.124 e. The van der Waals surface area contributed by atoms with Crippen LogP contribution < -0.4 is 5.73 Å². The van der Waals surface area contributed by atoms with E-state index in [9.17, 15) is 4.39 Å². The third kappa shape index (κ3) is 6.60. The van der Waals surface area contributed by atoms with Crippen molar-refractivity contribution < 1.29 is 18.6 Å². The van der Waals surface area contributed by atoms with Gasteiger partial charge in [0.25, 0.3) is 0 Å². The lowest BCUT2D eigenvalue weighted by molar-refractivity contribution is 0.0336. The number of hydrogen-bond acceptors (Lipinski definition) is 4. The van der Waals surface area contributed by atoms with Gasteiger partial charge in [0.15, 0.2) is 0 Å². The standard InChI is InChI=1S/C14H21FN2O3/c1-18-3-2-4-19-5-6-20-10-11-7-12(14(16)17)9-13(15)8-11/h7-9H,2-6,10H2,1H3,(H3,16,17). The van der Waals surface area contributed by atoms with Crippen LogP contribution in [-0.2, 0) is 20.8 Å². The van der Waals surface area contributed by atoms with E-state index in [2.05, 4.69) is 0 Å². The molecule has 0 aromatic heterocycles. The smallest absolute Gasteiger partial charge is 0.124 e. The van der Waals surface area contributed by atoms with E-state index in [1.807, 2.05) is 0 Å². The van der Waals surface area contributed by atoms with Crippen LogP contribution in [0.2, 0.25) is 0 Å². The first-order chi connectivity index (χ1) is 9.63. The van der Waals surface area contributed by atoms with Crippen molar-refractivity contribution in [3.8, 4) is 0 Å². The second kappa shape index (κ2) is 9.41. The zero-order valence-electron chi connectivity index (χ0n) is 11.7. The van der Waals surface area contributed by atoms with E-state index in [1.54, 1.807) is 13.2 Å². The van der Waals surface area contributed by atoms with Gasteiger partial charge in [-0.1, -0.05) is 0 Å². The molecule has 0 amide bonds. The van der Waals surface area contributed by atoms with E-state index in [0.29, 0.717) is 37.6 Å². The zero-order chi connectivity index (χ0) is 14.8. The summed E-state index contributed by atoms with van der Waals surface area (Å²) in [5, 5.41) is 7.29. The minimum Gasteiger partial charge on any atom is -0.385 e. The largest absolute Gasteiger partial charge is 0.385 e. The monoisotopic (exact) mass is 284 g/mol. The molecular weight excluding hydrogens is 263 g/mol. The Bertz CT molecular complexity index is 427. The highest BCUT2D eigenvalue weighted by atomic mass is 19.1. The lowest BCUT2D eigenvalue weighted by Gasteiger charge is -2.07. The molecule has 1 aromatic carbocycles. The van der Waals surface area contributed by atoms with Crippen LogP contribution in [0.3, 0.4) is 0 Å². The highest BCUT2D eigenvalue weighted by Gasteiger charge is 2.03. The van der Waals surface area contributed by atoms with Gasteiger partial charge in [-0.15, -0.1) is 0 Å². The molecule has 0 atom stereocenters. The molecular formula is C14H21FN2O3. The van der Waals surface area contributed by atoms with E-state index in [0.717, 1.165) is 6.42 Å². The lowest BCUT2D eigenvalue weighted by Crippen LogP contribution is -2.12. The van der Waals surface area contributed by atoms with Crippen LogP contribution in [0, 0.1) is 11.2 Å². The summed E-state index contributed by atoms with van der Waals surface area (Å²) in [4.78, 5) is 0. The normalized spacial score (nSPS) is 10.7. The van der Waals surface area contributed by atoms with Gasteiger partial charge in [0.2, 0.25) is 0 Å². The molecule has 0 bridgehead atoms. The fourth-order valence-corrected chi connectivity index (χ4v) is 1.60. The molecule has 5 nitrogen and oxygen atoms in total. The van der Waals surface area contributed by atoms with Crippen molar-refractivity contribution in [2.24, 2.45) is 5.73 Å². The molecule has 1 aromatic rings. The third-order valence-corrected chi connectivity index (χ3v) is 2.55. The Labute approximate surface area is 118 Å². The summed E-state index contributed by atoms with van der Waals surface area (Å²) in [6.07, 6.45) is 0.850. The highest BCUT2D eigenvalue weighted by molar-refractivity contribution is 5.95. The Kier molecular flexibility index (Phi) is 7.79. The molecule has 0 aliphatic rings. The van der Waals surface area contributed by atoms with Gasteiger partial charge in [-0.05, 0) is 30.2 Å². The van der Waals surface area contributed by atoms with Gasteiger partial charge in [0.1, 0.15) is 11.7 Å². The van der Waals surface area contributed by atoms with Crippen LogP contribution in [-0.4, -0.2) is 39.4 Å². The minimum atomic E-state index is -0.424. The molecule has 0 aliphatic carbocycles. The van der Waals surface area contributed by atoms with E-state index >= 15 is 0 Å². The molecule has 112 valence electrons. The minimum absolute atomic E-state index is 0.160. The van der Waals surface area contributed by atoms with Gasteiger partial charge in [-0.3, -0.25) is 5.41 Å². The van der Waals surface area contributed by atoms with E-state index in [4.69, 9.17) is 25.4 Å². The summed E-state index contributed by atoms with van der Waals surface area (Å²) in [5.41, 5.74) is 6.34. The average Bonchev–Trinajstić information content (AvgIpc) is 2.41. The number of rotatable bonds is 10. The summed E-state index contributed by atoms with van der Waals surface area (Å²) in [6, 6.07) is 4.24. The molecule has 6 heteroatoms. The predicted molar refractivity (Wildman–Crippen MR) is 74.4 cm³/mol. The van der Waals surface area contributed by atoms with Gasteiger partial charge in [-0.25, -0.2) is 4.39 Å². The molecule has 0 fully saturated rings. The van der Waals surface area contributed by atoms with Gasteiger partial charge in [0, 0.05) is 25.9 Å². The van der Waals surface area contributed by atoms with Gasteiger partial charge < -0.3 is 19.9 Å². The number of nitrogens with one attached hydrogen (secondary N) is 1. The Morgan fingerprint density at radius 1 is 1.15 bits per heavy atom. The third-order valence-electron chi connectivity index (χ3n) is 2.55. The van der Waals surface area contributed by atoms with Crippen LogP contribution in [0.15, 0.2) is 18.2 Å². The van der Waals surface area contributed by atoms with E-state index in [-0.39, 0.29) is 12.4 Å². The Morgan fingerprint density at radius 2 is 1.90 bits per heavy atom. The summed E-state index contributed by atoms with van der Waals surface area (Å²) in [5.74, 6) is -0.584. The molecule has 0 aliphatic heterocycles. The number of nitrogen functional groups attached to an aromatic ring is 1. The Balaban J connectivity index is 2.23. The molecule has 0 saturated carbocycles. The first kappa shape index (κ1) is 16.6. The van der Waals surface area contributed by atoms with Crippen LogP contribution in [0.5, 0.6) is 0 Å². The van der Waals surface area contributed by atoms with Crippen molar-refractivity contribution in [3.63, 3.8) is 0 Å². The fourth-order valence-electron chi connectivity index (χ4n) is 1.60. The molecule has 0 spiro atoms. The lowest BCUT2D eigenvalue weighted by atomic mass is 10.1. The number of methoxy groups -OCH3 is 1. The van der Waals surface area contributed by atoms with Crippen LogP contribution in [0.25, 0.3) is 0 Å². The number of halogens is 1. The topological polar surface area (TPSA) is 77.6 Å². The van der Waals surface area contributed by atoms with Crippen molar-refractivity contribution >= 4 is 5.84 Å². The van der Waals surface area contributed by atoms with Crippen molar-refractivity contribution in [1.29, 1.82) is 5.41 Å². The van der Waals surface area contributed by atoms with E-state index < -0.39 is 5.82 Å². The number of benzene rings is 1. The quantitative estimate of drug-likeness (QED) is 0.389. The zero-order valence-corrected chi connectivity index (χ0v) is 11.7. The molecule has 0 radical (unpaired) electrons. The number of hydrogen-bond donors (Lipinski definition) is 2. The molecule has 3 N–H and O–H groups in total. The Hall–Kier alpha value is -1.50. The molecule has 1 rings (SSSR count). The maximum absolute atomic E-state index is 13.3. The molecule has 20 heavy (non-hydrogen) atoms. The first-order valence-electron chi connectivity index (χ1n) is 6.41. The van der Waals surface area contributed by atoms with E-state index in [1.165, 1.54) is 12.1 Å². The summed E-state index contributed by atoms with van der Waals surface area (Å²) in [7, 11) is 1.65. The van der Waals surface area contributed by atoms with Crippen molar-refractivity contribution in [3.05, 3.63) is 35.1 Å². The van der Waals surface area contributed by atoms with Crippen molar-refractivity contribution in [2.45, 2.75) is 13.0 Å². The SMILES string of the molecule is COCCCOCCOCc1cc(F)cc(C(=N)N)c1. The number of nitrogens with two attached hydrogens (primary N) is 1. The second-order valence-electron chi connectivity index (χ2n) is 4.27.